The van der Waals surface area contributed by atoms with Crippen molar-refractivity contribution in [1.29, 1.82) is 0 Å². The molecule has 6 heteroatoms. The van der Waals surface area contributed by atoms with Gasteiger partial charge in [0, 0.05) is 12.1 Å². The lowest BCUT2D eigenvalue weighted by atomic mass is 10.1. The Morgan fingerprint density at radius 3 is 2.62 bits per heavy atom. The maximum atomic E-state index is 12.0. The molecule has 0 fully saturated rings. The van der Waals surface area contributed by atoms with Gasteiger partial charge in [-0.15, -0.1) is 0 Å². The van der Waals surface area contributed by atoms with E-state index in [9.17, 15) is 8.42 Å². The Labute approximate surface area is 123 Å². The average Bonchev–Trinajstić information content (AvgIpc) is 2.77. The normalized spacial score (nSPS) is 17.5. The van der Waals surface area contributed by atoms with Gasteiger partial charge in [0.25, 0.3) is 10.0 Å². The number of rotatable bonds is 3. The number of fused-ring (bicyclic) bond motifs is 1. The van der Waals surface area contributed by atoms with Crippen molar-refractivity contribution in [2.24, 2.45) is 10.7 Å². The highest BCUT2D eigenvalue weighted by Gasteiger charge is 2.29. The molecule has 0 atom stereocenters. The van der Waals surface area contributed by atoms with Crippen LogP contribution < -0.4 is 10.5 Å². The number of sulfonamides is 1. The number of nitrogens with zero attached hydrogens (tertiary/aromatic N) is 1. The molecule has 0 unspecified atom stereocenters. The minimum absolute atomic E-state index is 0.277. The topological polar surface area (TPSA) is 84.5 Å². The monoisotopic (exact) mass is 301 g/mol. The number of hydrogen-bond donors (Lipinski definition) is 2. The van der Waals surface area contributed by atoms with Gasteiger partial charge in [-0.1, -0.05) is 36.4 Å². The Balaban J connectivity index is 1.91. The lowest BCUT2D eigenvalue weighted by molar-refractivity contribution is 0.595. The van der Waals surface area contributed by atoms with E-state index in [0.29, 0.717) is 24.5 Å². The molecule has 0 saturated heterocycles. The van der Waals surface area contributed by atoms with Crippen LogP contribution in [0.1, 0.15) is 16.7 Å². The minimum atomic E-state index is -3.47. The molecule has 0 amide bonds. The number of nitrogens with two attached hydrogens (primary N) is 1. The predicted molar refractivity (Wildman–Crippen MR) is 81.3 cm³/mol. The zero-order valence-corrected chi connectivity index (χ0v) is 12.1. The highest BCUT2D eigenvalue weighted by molar-refractivity contribution is 7.90. The Hall–Kier alpha value is -2.18. The summed E-state index contributed by atoms with van der Waals surface area (Å²) in [6, 6.07) is 14.6. The van der Waals surface area contributed by atoms with Crippen LogP contribution in [0.25, 0.3) is 0 Å². The molecular weight excluding hydrogens is 286 g/mol. The van der Waals surface area contributed by atoms with Gasteiger partial charge in [-0.3, -0.25) is 9.71 Å². The minimum Gasteiger partial charge on any atom is -0.326 e. The molecule has 1 aliphatic heterocycles. The van der Waals surface area contributed by atoms with Crippen LogP contribution in [-0.2, 0) is 23.1 Å². The van der Waals surface area contributed by atoms with Crippen molar-refractivity contribution in [1.82, 2.24) is 4.72 Å². The molecule has 0 aliphatic carbocycles. The highest BCUT2D eigenvalue weighted by atomic mass is 32.2. The molecule has 108 valence electrons. The first-order valence-electron chi connectivity index (χ1n) is 6.55. The molecule has 0 spiro atoms. The third-order valence-electron chi connectivity index (χ3n) is 3.31. The summed E-state index contributed by atoms with van der Waals surface area (Å²) in [5.74, 6) is 0.392. The van der Waals surface area contributed by atoms with E-state index in [4.69, 9.17) is 5.73 Å². The third kappa shape index (κ3) is 2.68. The maximum Gasteiger partial charge on any atom is 0.263 e. The van der Waals surface area contributed by atoms with Gasteiger partial charge in [0.05, 0.1) is 11.4 Å². The van der Waals surface area contributed by atoms with E-state index in [1.165, 1.54) is 0 Å². The maximum absolute atomic E-state index is 12.0. The molecule has 2 aromatic rings. The van der Waals surface area contributed by atoms with Gasteiger partial charge < -0.3 is 5.73 Å². The molecule has 5 nitrogen and oxygen atoms in total. The zero-order chi connectivity index (χ0) is 14.9. The zero-order valence-electron chi connectivity index (χ0n) is 11.3. The first kappa shape index (κ1) is 13.8. The van der Waals surface area contributed by atoms with Gasteiger partial charge in [0.2, 0.25) is 0 Å². The summed E-state index contributed by atoms with van der Waals surface area (Å²) in [7, 11) is -3.47. The van der Waals surface area contributed by atoms with Crippen LogP contribution in [0.5, 0.6) is 0 Å². The van der Waals surface area contributed by atoms with Crippen LogP contribution >= 0.6 is 0 Å². The van der Waals surface area contributed by atoms with Crippen molar-refractivity contribution in [3.8, 4) is 0 Å². The van der Waals surface area contributed by atoms with Crippen molar-refractivity contribution >= 4 is 15.9 Å². The molecule has 2 aromatic carbocycles. The van der Waals surface area contributed by atoms with Crippen LogP contribution in [0.4, 0.5) is 0 Å². The summed E-state index contributed by atoms with van der Waals surface area (Å²) in [6.07, 6.45) is 0. The van der Waals surface area contributed by atoms with E-state index < -0.39 is 10.0 Å². The standard InChI is InChI=1S/C15H15N3O2S/c16-9-11-4-3-5-12(8-11)10-17-15-13-6-1-2-7-14(13)21(19,20)18-15/h1-8H,9-10,16H2,(H,17,18). The van der Waals surface area contributed by atoms with E-state index in [2.05, 4.69) is 9.71 Å². The first-order valence-corrected chi connectivity index (χ1v) is 8.03. The smallest absolute Gasteiger partial charge is 0.263 e. The van der Waals surface area contributed by atoms with E-state index in [1.54, 1.807) is 24.3 Å². The van der Waals surface area contributed by atoms with Crippen molar-refractivity contribution in [3.63, 3.8) is 0 Å². The number of hydrogen-bond acceptors (Lipinski definition) is 4. The van der Waals surface area contributed by atoms with Gasteiger partial charge >= 0.3 is 0 Å². The molecule has 0 saturated carbocycles. The fraction of sp³-hybridized carbons (Fsp3) is 0.133. The van der Waals surface area contributed by atoms with E-state index in [-0.39, 0.29) is 4.90 Å². The highest BCUT2D eigenvalue weighted by Crippen LogP contribution is 2.22. The molecule has 0 bridgehead atoms. The van der Waals surface area contributed by atoms with Gasteiger partial charge in [0.1, 0.15) is 5.84 Å². The van der Waals surface area contributed by atoms with Crippen LogP contribution in [-0.4, -0.2) is 14.3 Å². The number of benzene rings is 2. The predicted octanol–water partition coefficient (Wildman–Crippen LogP) is 1.38. The Bertz CT molecular complexity index is 813. The van der Waals surface area contributed by atoms with Crippen LogP contribution in [0.2, 0.25) is 0 Å². The molecule has 0 radical (unpaired) electrons. The summed E-state index contributed by atoms with van der Waals surface area (Å²) in [4.78, 5) is 4.67. The quantitative estimate of drug-likeness (QED) is 0.898. The number of aliphatic imine (C=N–C) groups is 1. The van der Waals surface area contributed by atoms with Crippen molar-refractivity contribution < 1.29 is 8.42 Å². The molecular formula is C15H15N3O2S. The molecule has 3 N–H and O–H groups in total. The molecule has 1 aliphatic rings. The van der Waals surface area contributed by atoms with Crippen molar-refractivity contribution in [2.75, 3.05) is 0 Å². The fourth-order valence-electron chi connectivity index (χ4n) is 2.28. The molecule has 0 aromatic heterocycles. The van der Waals surface area contributed by atoms with E-state index in [1.807, 2.05) is 24.3 Å². The second-order valence-electron chi connectivity index (χ2n) is 4.79. The second kappa shape index (κ2) is 5.31. The molecule has 1 heterocycles. The lowest BCUT2D eigenvalue weighted by Crippen LogP contribution is -2.22. The summed E-state index contributed by atoms with van der Waals surface area (Å²) in [5, 5.41) is 0. The third-order valence-corrected chi connectivity index (χ3v) is 4.71. The summed E-state index contributed by atoms with van der Waals surface area (Å²) < 4.78 is 26.4. The summed E-state index contributed by atoms with van der Waals surface area (Å²) >= 11 is 0. The van der Waals surface area contributed by atoms with Gasteiger partial charge in [0.15, 0.2) is 0 Å². The van der Waals surface area contributed by atoms with Gasteiger partial charge in [-0.2, -0.15) is 0 Å². The summed E-state index contributed by atoms with van der Waals surface area (Å²) in [6.45, 7) is 0.875. The van der Waals surface area contributed by atoms with Crippen molar-refractivity contribution in [2.45, 2.75) is 18.0 Å². The second-order valence-corrected chi connectivity index (χ2v) is 6.44. The summed E-state index contributed by atoms with van der Waals surface area (Å²) in [5.41, 5.74) is 8.25. The molecule has 21 heavy (non-hydrogen) atoms. The van der Waals surface area contributed by atoms with E-state index >= 15 is 0 Å². The SMILES string of the molecule is NCc1cccc(CN=C2NS(=O)(=O)c3ccccc32)c1. The van der Waals surface area contributed by atoms with Crippen molar-refractivity contribution in [3.05, 3.63) is 65.2 Å². The first-order chi connectivity index (χ1) is 10.1. The fourth-order valence-corrected chi connectivity index (χ4v) is 3.53. The largest absolute Gasteiger partial charge is 0.326 e. The van der Waals surface area contributed by atoms with Crippen LogP contribution in [0.3, 0.4) is 0 Å². The van der Waals surface area contributed by atoms with Gasteiger partial charge in [-0.25, -0.2) is 8.42 Å². The van der Waals surface area contributed by atoms with E-state index in [0.717, 1.165) is 11.1 Å². The number of nitrogens with one attached hydrogen (secondary N) is 1. The lowest BCUT2D eigenvalue weighted by Gasteiger charge is -2.02. The van der Waals surface area contributed by atoms with Crippen LogP contribution in [0.15, 0.2) is 58.4 Å². The number of amidine groups is 1. The Kier molecular flexibility index (Phi) is 3.48. The van der Waals surface area contributed by atoms with Crippen LogP contribution in [0, 0.1) is 0 Å². The average molecular weight is 301 g/mol. The molecule has 3 rings (SSSR count). The van der Waals surface area contributed by atoms with Gasteiger partial charge in [-0.05, 0) is 23.3 Å². The Morgan fingerprint density at radius 1 is 1.05 bits per heavy atom. The Morgan fingerprint density at radius 2 is 1.81 bits per heavy atom.